The summed E-state index contributed by atoms with van der Waals surface area (Å²) in [4.78, 5) is 13.5. The number of piperidine rings is 1. The van der Waals surface area contributed by atoms with Crippen LogP contribution in [0.25, 0.3) is 0 Å². The van der Waals surface area contributed by atoms with Gasteiger partial charge in [0, 0.05) is 13.1 Å². The number of para-hydroxylation sites is 1. The van der Waals surface area contributed by atoms with Crippen LogP contribution < -0.4 is 10.6 Å². The first-order chi connectivity index (χ1) is 9.30. The number of nitrogen functional groups attached to an aromatic ring is 1. The summed E-state index contributed by atoms with van der Waals surface area (Å²) in [6, 6.07) is 5.10. The standard InChI is InChI=1S/C16H24N2O2/c1-16(2,3)11-7-9-18(10-8-11)14-12(15(19)20)5-4-6-13(14)17/h4-6,11H,7-10,17H2,1-3H3,(H,19,20). The highest BCUT2D eigenvalue weighted by Gasteiger charge is 2.30. The Bertz CT molecular complexity index is 498. The van der Waals surface area contributed by atoms with E-state index in [1.54, 1.807) is 18.2 Å². The maximum absolute atomic E-state index is 11.4. The Kier molecular flexibility index (Phi) is 3.93. The van der Waals surface area contributed by atoms with Crippen LogP contribution in [-0.4, -0.2) is 24.2 Å². The Morgan fingerprint density at radius 2 is 1.90 bits per heavy atom. The van der Waals surface area contributed by atoms with E-state index in [-0.39, 0.29) is 0 Å². The minimum atomic E-state index is -0.912. The second kappa shape index (κ2) is 5.35. The SMILES string of the molecule is CC(C)(C)C1CCN(c2c(N)cccc2C(=O)O)CC1. The molecule has 1 saturated heterocycles. The summed E-state index contributed by atoms with van der Waals surface area (Å²) in [7, 11) is 0. The minimum absolute atomic E-state index is 0.305. The molecular weight excluding hydrogens is 252 g/mol. The van der Waals surface area contributed by atoms with Crippen LogP contribution in [0.15, 0.2) is 18.2 Å². The Hall–Kier alpha value is -1.71. The third-order valence-electron chi connectivity index (χ3n) is 4.33. The lowest BCUT2D eigenvalue weighted by Gasteiger charge is -2.40. The number of hydrogen-bond acceptors (Lipinski definition) is 3. The van der Waals surface area contributed by atoms with Gasteiger partial charge in [-0.25, -0.2) is 4.79 Å². The van der Waals surface area contributed by atoms with Crippen LogP contribution in [0, 0.1) is 11.3 Å². The van der Waals surface area contributed by atoms with Crippen molar-refractivity contribution in [3.63, 3.8) is 0 Å². The monoisotopic (exact) mass is 276 g/mol. The Labute approximate surface area is 120 Å². The van der Waals surface area contributed by atoms with Crippen molar-refractivity contribution < 1.29 is 9.90 Å². The number of rotatable bonds is 2. The smallest absolute Gasteiger partial charge is 0.337 e. The molecular formula is C16H24N2O2. The Morgan fingerprint density at radius 3 is 2.40 bits per heavy atom. The van der Waals surface area contributed by atoms with E-state index < -0.39 is 5.97 Å². The number of nitrogens with zero attached hydrogens (tertiary/aromatic N) is 1. The van der Waals surface area contributed by atoms with Gasteiger partial charge in [0.2, 0.25) is 0 Å². The van der Waals surface area contributed by atoms with Crippen molar-refractivity contribution in [3.05, 3.63) is 23.8 Å². The second-order valence-electron chi connectivity index (χ2n) is 6.68. The molecule has 110 valence electrons. The van der Waals surface area contributed by atoms with E-state index in [9.17, 15) is 9.90 Å². The lowest BCUT2D eigenvalue weighted by molar-refractivity contribution is 0.0697. The molecule has 3 N–H and O–H groups in total. The number of anilines is 2. The van der Waals surface area contributed by atoms with Gasteiger partial charge in [0.1, 0.15) is 0 Å². The van der Waals surface area contributed by atoms with E-state index in [4.69, 9.17) is 5.73 Å². The molecule has 2 rings (SSSR count). The molecule has 0 bridgehead atoms. The third-order valence-corrected chi connectivity index (χ3v) is 4.33. The zero-order valence-corrected chi connectivity index (χ0v) is 12.5. The number of hydrogen-bond donors (Lipinski definition) is 2. The first-order valence-corrected chi connectivity index (χ1v) is 7.17. The molecule has 0 atom stereocenters. The van der Waals surface area contributed by atoms with Gasteiger partial charge in [0.15, 0.2) is 0 Å². The molecule has 0 saturated carbocycles. The van der Waals surface area contributed by atoms with Gasteiger partial charge in [-0.2, -0.15) is 0 Å². The van der Waals surface area contributed by atoms with Crippen LogP contribution in [0.5, 0.6) is 0 Å². The molecule has 1 aliphatic rings. The van der Waals surface area contributed by atoms with E-state index in [1.165, 1.54) is 0 Å². The largest absolute Gasteiger partial charge is 0.478 e. The fourth-order valence-corrected chi connectivity index (χ4v) is 3.06. The van der Waals surface area contributed by atoms with E-state index in [1.807, 2.05) is 0 Å². The molecule has 0 spiro atoms. The van der Waals surface area contributed by atoms with Crippen LogP contribution in [0.4, 0.5) is 11.4 Å². The zero-order valence-electron chi connectivity index (χ0n) is 12.5. The van der Waals surface area contributed by atoms with Crippen molar-refractivity contribution in [2.45, 2.75) is 33.6 Å². The van der Waals surface area contributed by atoms with E-state index in [0.717, 1.165) is 25.9 Å². The molecule has 1 aromatic rings. The molecule has 4 nitrogen and oxygen atoms in total. The zero-order chi connectivity index (χ0) is 14.9. The highest BCUT2D eigenvalue weighted by atomic mass is 16.4. The topological polar surface area (TPSA) is 66.6 Å². The molecule has 0 aromatic heterocycles. The molecule has 20 heavy (non-hydrogen) atoms. The maximum Gasteiger partial charge on any atom is 0.337 e. The van der Waals surface area contributed by atoms with Crippen molar-refractivity contribution in [2.24, 2.45) is 11.3 Å². The van der Waals surface area contributed by atoms with Crippen molar-refractivity contribution in [1.29, 1.82) is 0 Å². The number of aromatic carboxylic acids is 1. The number of benzene rings is 1. The van der Waals surface area contributed by atoms with Gasteiger partial charge in [-0.05, 0) is 36.3 Å². The van der Waals surface area contributed by atoms with Gasteiger partial charge in [0.25, 0.3) is 0 Å². The highest BCUT2D eigenvalue weighted by Crippen LogP contribution is 2.37. The third kappa shape index (κ3) is 2.89. The molecule has 0 unspecified atom stereocenters. The predicted octanol–water partition coefficient (Wildman–Crippen LogP) is 3.23. The molecule has 0 aliphatic carbocycles. The summed E-state index contributed by atoms with van der Waals surface area (Å²) >= 11 is 0. The van der Waals surface area contributed by atoms with Gasteiger partial charge in [-0.1, -0.05) is 26.8 Å². The summed E-state index contributed by atoms with van der Waals surface area (Å²) in [5.74, 6) is -0.234. The van der Waals surface area contributed by atoms with Crippen molar-refractivity contribution in [2.75, 3.05) is 23.7 Å². The first kappa shape index (κ1) is 14.7. The normalized spacial score (nSPS) is 17.2. The van der Waals surface area contributed by atoms with Crippen LogP contribution in [0.3, 0.4) is 0 Å². The van der Waals surface area contributed by atoms with Crippen LogP contribution in [0.2, 0.25) is 0 Å². The predicted molar refractivity (Wildman–Crippen MR) is 82.2 cm³/mol. The summed E-state index contributed by atoms with van der Waals surface area (Å²) in [6.07, 6.45) is 2.16. The van der Waals surface area contributed by atoms with Gasteiger partial charge < -0.3 is 15.7 Å². The summed E-state index contributed by atoms with van der Waals surface area (Å²) in [6.45, 7) is 8.56. The van der Waals surface area contributed by atoms with Crippen molar-refractivity contribution >= 4 is 17.3 Å². The number of carbonyl (C=O) groups is 1. The fraction of sp³-hybridized carbons (Fsp3) is 0.562. The van der Waals surface area contributed by atoms with E-state index >= 15 is 0 Å². The van der Waals surface area contributed by atoms with Crippen molar-refractivity contribution in [3.8, 4) is 0 Å². The van der Waals surface area contributed by atoms with Crippen molar-refractivity contribution in [1.82, 2.24) is 0 Å². The molecule has 1 aromatic carbocycles. The molecule has 0 radical (unpaired) electrons. The molecule has 0 amide bonds. The minimum Gasteiger partial charge on any atom is -0.478 e. The number of carboxylic acids is 1. The summed E-state index contributed by atoms with van der Waals surface area (Å²) < 4.78 is 0. The van der Waals surface area contributed by atoms with Gasteiger partial charge >= 0.3 is 5.97 Å². The number of nitrogens with two attached hydrogens (primary N) is 1. The lowest BCUT2D eigenvalue weighted by Crippen LogP contribution is -2.39. The molecule has 4 heteroatoms. The number of carboxylic acid groups (broad SMARTS) is 1. The first-order valence-electron chi connectivity index (χ1n) is 7.17. The molecule has 1 aliphatic heterocycles. The average molecular weight is 276 g/mol. The molecule has 1 fully saturated rings. The van der Waals surface area contributed by atoms with Crippen LogP contribution in [-0.2, 0) is 0 Å². The Balaban J connectivity index is 2.21. The molecule has 1 heterocycles. The second-order valence-corrected chi connectivity index (χ2v) is 6.68. The summed E-state index contributed by atoms with van der Waals surface area (Å²) in [5.41, 5.74) is 7.86. The fourth-order valence-electron chi connectivity index (χ4n) is 3.06. The van der Waals surface area contributed by atoms with Gasteiger partial charge in [-0.15, -0.1) is 0 Å². The van der Waals surface area contributed by atoms with E-state index in [2.05, 4.69) is 25.7 Å². The van der Waals surface area contributed by atoms with Gasteiger partial charge in [0.05, 0.1) is 16.9 Å². The Morgan fingerprint density at radius 1 is 1.30 bits per heavy atom. The van der Waals surface area contributed by atoms with Crippen LogP contribution >= 0.6 is 0 Å². The summed E-state index contributed by atoms with van der Waals surface area (Å²) in [5, 5.41) is 9.32. The maximum atomic E-state index is 11.4. The van der Waals surface area contributed by atoms with Crippen LogP contribution in [0.1, 0.15) is 44.0 Å². The quantitative estimate of drug-likeness (QED) is 0.814. The average Bonchev–Trinajstić information content (AvgIpc) is 2.37. The highest BCUT2D eigenvalue weighted by molar-refractivity contribution is 5.98. The van der Waals surface area contributed by atoms with Gasteiger partial charge in [-0.3, -0.25) is 0 Å². The van der Waals surface area contributed by atoms with E-state index in [0.29, 0.717) is 28.3 Å². The lowest BCUT2D eigenvalue weighted by atomic mass is 9.75.